The number of allylic oxidation sites excluding steroid dienone is 1. The van der Waals surface area contributed by atoms with E-state index < -0.39 is 18.1 Å². The first kappa shape index (κ1) is 15.6. The first-order valence-corrected chi connectivity index (χ1v) is 8.04. The number of hydrogen-bond donors (Lipinski definition) is 1. The SMILES string of the molecule is CC1OC(=O)C1NC(=O)OC1CCC(=Cc2ccccc2)CC1. The monoisotopic (exact) mass is 315 g/mol. The van der Waals surface area contributed by atoms with Crippen LogP contribution in [-0.4, -0.2) is 30.3 Å². The van der Waals surface area contributed by atoms with E-state index in [4.69, 9.17) is 9.47 Å². The molecule has 1 aromatic rings. The summed E-state index contributed by atoms with van der Waals surface area (Å²) < 4.78 is 10.2. The standard InChI is InChI=1S/C18H21NO4/c1-12-16(17(20)22-12)19-18(21)23-15-9-7-14(8-10-15)11-13-5-3-2-4-6-13/h2-6,11-12,15-16H,7-10H2,1H3,(H,19,21). The normalized spacial score (nSPS) is 26.7. The first-order valence-electron chi connectivity index (χ1n) is 8.04. The molecule has 2 fully saturated rings. The van der Waals surface area contributed by atoms with E-state index in [1.165, 1.54) is 11.1 Å². The Labute approximate surface area is 135 Å². The van der Waals surface area contributed by atoms with Crippen molar-refractivity contribution in [2.24, 2.45) is 0 Å². The van der Waals surface area contributed by atoms with E-state index in [-0.39, 0.29) is 12.2 Å². The van der Waals surface area contributed by atoms with E-state index in [2.05, 4.69) is 23.5 Å². The van der Waals surface area contributed by atoms with Crippen molar-refractivity contribution in [1.29, 1.82) is 0 Å². The molecule has 0 aromatic heterocycles. The second kappa shape index (κ2) is 6.86. The van der Waals surface area contributed by atoms with E-state index in [9.17, 15) is 9.59 Å². The molecule has 5 nitrogen and oxygen atoms in total. The maximum atomic E-state index is 11.8. The number of cyclic esters (lactones) is 1. The Morgan fingerprint density at radius 1 is 1.26 bits per heavy atom. The van der Waals surface area contributed by atoms with Gasteiger partial charge in [0.15, 0.2) is 6.04 Å². The fraction of sp³-hybridized carbons (Fsp3) is 0.444. The van der Waals surface area contributed by atoms with Gasteiger partial charge < -0.3 is 14.8 Å². The molecule has 5 heteroatoms. The molecule has 3 rings (SSSR count). The minimum atomic E-state index is -0.570. The molecule has 1 amide bonds. The van der Waals surface area contributed by atoms with Gasteiger partial charge in [-0.25, -0.2) is 9.59 Å². The lowest BCUT2D eigenvalue weighted by Crippen LogP contribution is -2.58. The van der Waals surface area contributed by atoms with Gasteiger partial charge in [0.25, 0.3) is 0 Å². The minimum Gasteiger partial charge on any atom is -0.458 e. The fourth-order valence-corrected chi connectivity index (χ4v) is 2.94. The second-order valence-corrected chi connectivity index (χ2v) is 6.08. The molecule has 0 radical (unpaired) electrons. The molecule has 1 saturated carbocycles. The van der Waals surface area contributed by atoms with Gasteiger partial charge in [0.1, 0.15) is 12.2 Å². The number of alkyl carbamates (subject to hydrolysis) is 1. The fourth-order valence-electron chi connectivity index (χ4n) is 2.94. The number of nitrogens with one attached hydrogen (secondary N) is 1. The molecule has 1 aliphatic carbocycles. The zero-order valence-electron chi connectivity index (χ0n) is 13.2. The van der Waals surface area contributed by atoms with Crippen LogP contribution in [-0.2, 0) is 14.3 Å². The average Bonchev–Trinajstić information content (AvgIpc) is 2.56. The molecule has 0 bridgehead atoms. The highest BCUT2D eigenvalue weighted by atomic mass is 16.6. The first-order chi connectivity index (χ1) is 11.1. The van der Waals surface area contributed by atoms with Gasteiger partial charge in [-0.05, 0) is 38.2 Å². The van der Waals surface area contributed by atoms with Crippen molar-refractivity contribution in [3.63, 3.8) is 0 Å². The Bertz CT molecular complexity index is 601. The highest BCUT2D eigenvalue weighted by Crippen LogP contribution is 2.27. The van der Waals surface area contributed by atoms with Crippen LogP contribution in [0.3, 0.4) is 0 Å². The Balaban J connectivity index is 1.45. The molecular weight excluding hydrogens is 294 g/mol. The summed E-state index contributed by atoms with van der Waals surface area (Å²) >= 11 is 0. The number of amides is 1. The number of ether oxygens (including phenoxy) is 2. The van der Waals surface area contributed by atoms with Gasteiger partial charge in [0.05, 0.1) is 0 Å². The van der Waals surface area contributed by atoms with Crippen LogP contribution in [0.5, 0.6) is 0 Å². The Kier molecular flexibility index (Phi) is 4.65. The predicted molar refractivity (Wildman–Crippen MR) is 85.6 cm³/mol. The number of hydrogen-bond acceptors (Lipinski definition) is 4. The molecule has 122 valence electrons. The molecule has 23 heavy (non-hydrogen) atoms. The molecule has 1 aromatic carbocycles. The lowest BCUT2D eigenvalue weighted by atomic mass is 9.91. The van der Waals surface area contributed by atoms with Crippen LogP contribution in [0.25, 0.3) is 6.08 Å². The van der Waals surface area contributed by atoms with Gasteiger partial charge in [-0.2, -0.15) is 0 Å². The van der Waals surface area contributed by atoms with Crippen LogP contribution < -0.4 is 5.32 Å². The Morgan fingerprint density at radius 2 is 1.96 bits per heavy atom. The van der Waals surface area contributed by atoms with Gasteiger partial charge in [-0.15, -0.1) is 0 Å². The molecule has 2 atom stereocenters. The highest BCUT2D eigenvalue weighted by Gasteiger charge is 2.41. The van der Waals surface area contributed by atoms with Crippen molar-refractivity contribution in [2.75, 3.05) is 0 Å². The Hall–Kier alpha value is -2.30. The van der Waals surface area contributed by atoms with Crippen LogP contribution in [0.4, 0.5) is 4.79 Å². The van der Waals surface area contributed by atoms with E-state index >= 15 is 0 Å². The van der Waals surface area contributed by atoms with Crippen LogP contribution in [0.2, 0.25) is 0 Å². The maximum Gasteiger partial charge on any atom is 0.408 e. The Morgan fingerprint density at radius 3 is 2.57 bits per heavy atom. The third-order valence-corrected chi connectivity index (χ3v) is 4.32. The zero-order valence-corrected chi connectivity index (χ0v) is 13.2. The van der Waals surface area contributed by atoms with Gasteiger partial charge in [0, 0.05) is 0 Å². The molecule has 1 heterocycles. The van der Waals surface area contributed by atoms with Crippen molar-refractivity contribution in [3.8, 4) is 0 Å². The van der Waals surface area contributed by atoms with Crippen molar-refractivity contribution in [1.82, 2.24) is 5.32 Å². The maximum absolute atomic E-state index is 11.8. The van der Waals surface area contributed by atoms with E-state index in [0.29, 0.717) is 0 Å². The number of carbonyl (C=O) groups excluding carboxylic acids is 2. The van der Waals surface area contributed by atoms with Gasteiger partial charge in [-0.1, -0.05) is 42.0 Å². The minimum absolute atomic E-state index is 0.0886. The number of benzene rings is 1. The number of esters is 1. The third-order valence-electron chi connectivity index (χ3n) is 4.32. The third kappa shape index (κ3) is 3.92. The second-order valence-electron chi connectivity index (χ2n) is 6.08. The highest BCUT2D eigenvalue weighted by molar-refractivity contribution is 5.86. The quantitative estimate of drug-likeness (QED) is 0.871. The van der Waals surface area contributed by atoms with Gasteiger partial charge in [-0.3, -0.25) is 0 Å². The number of carbonyl (C=O) groups is 2. The van der Waals surface area contributed by atoms with Crippen LogP contribution in [0.15, 0.2) is 35.9 Å². The van der Waals surface area contributed by atoms with Crippen molar-refractivity contribution < 1.29 is 19.1 Å². The summed E-state index contributed by atoms with van der Waals surface area (Å²) in [6.07, 6.45) is 4.80. The summed E-state index contributed by atoms with van der Waals surface area (Å²) in [4.78, 5) is 23.0. The largest absolute Gasteiger partial charge is 0.458 e. The summed E-state index contributed by atoms with van der Waals surface area (Å²) in [5.74, 6) is -0.397. The lowest BCUT2D eigenvalue weighted by Gasteiger charge is -2.33. The smallest absolute Gasteiger partial charge is 0.408 e. The van der Waals surface area contributed by atoms with Crippen molar-refractivity contribution >= 4 is 18.1 Å². The number of rotatable bonds is 3. The molecule has 1 aliphatic heterocycles. The molecule has 1 N–H and O–H groups in total. The molecule has 2 unspecified atom stereocenters. The van der Waals surface area contributed by atoms with Gasteiger partial charge in [0.2, 0.25) is 0 Å². The summed E-state index contributed by atoms with van der Waals surface area (Å²) in [5.41, 5.74) is 2.59. The topological polar surface area (TPSA) is 64.6 Å². The van der Waals surface area contributed by atoms with E-state index in [1.54, 1.807) is 6.92 Å². The summed E-state index contributed by atoms with van der Waals surface area (Å²) in [5, 5.41) is 2.56. The lowest BCUT2D eigenvalue weighted by molar-refractivity contribution is -0.174. The molecule has 2 aliphatic rings. The molecular formula is C18H21NO4. The van der Waals surface area contributed by atoms with E-state index in [0.717, 1.165) is 25.7 Å². The summed E-state index contributed by atoms with van der Waals surface area (Å²) in [6.45, 7) is 1.74. The van der Waals surface area contributed by atoms with E-state index in [1.807, 2.05) is 18.2 Å². The zero-order chi connectivity index (χ0) is 16.2. The van der Waals surface area contributed by atoms with Crippen molar-refractivity contribution in [2.45, 2.75) is 50.9 Å². The molecule has 1 saturated heterocycles. The predicted octanol–water partition coefficient (Wildman–Crippen LogP) is 3.05. The van der Waals surface area contributed by atoms with Crippen molar-refractivity contribution in [3.05, 3.63) is 41.5 Å². The van der Waals surface area contributed by atoms with Crippen LogP contribution in [0.1, 0.15) is 38.2 Å². The van der Waals surface area contributed by atoms with Crippen LogP contribution >= 0.6 is 0 Å². The van der Waals surface area contributed by atoms with Gasteiger partial charge >= 0.3 is 12.1 Å². The average molecular weight is 315 g/mol. The van der Waals surface area contributed by atoms with Crippen LogP contribution in [0, 0.1) is 0 Å². The summed E-state index contributed by atoms with van der Waals surface area (Å²) in [7, 11) is 0. The molecule has 0 spiro atoms. The summed E-state index contributed by atoms with van der Waals surface area (Å²) in [6, 6.07) is 9.66.